The van der Waals surface area contributed by atoms with E-state index in [0.717, 1.165) is 22.7 Å². The Kier molecular flexibility index (Phi) is 12.8. The number of esters is 1. The fourth-order valence-corrected chi connectivity index (χ4v) is 1.63. The summed E-state index contributed by atoms with van der Waals surface area (Å²) >= 11 is 3.79. The SMILES string of the molecule is CC.CCOC(=O)c1ccc(N=Cc2ccc(N)cc2)cc1.CCS. The van der Waals surface area contributed by atoms with Crippen molar-refractivity contribution in [1.29, 1.82) is 0 Å². The second kappa shape index (κ2) is 14.1. The van der Waals surface area contributed by atoms with Gasteiger partial charge in [-0.25, -0.2) is 4.79 Å². The molecule has 25 heavy (non-hydrogen) atoms. The van der Waals surface area contributed by atoms with E-state index < -0.39 is 0 Å². The van der Waals surface area contributed by atoms with Crippen molar-refractivity contribution in [3.05, 3.63) is 59.7 Å². The Balaban J connectivity index is 0.00000104. The van der Waals surface area contributed by atoms with Crippen LogP contribution in [0.25, 0.3) is 0 Å². The van der Waals surface area contributed by atoms with Gasteiger partial charge in [-0.15, -0.1) is 0 Å². The molecule has 0 amide bonds. The van der Waals surface area contributed by atoms with Gasteiger partial charge in [0.25, 0.3) is 0 Å². The topological polar surface area (TPSA) is 64.7 Å². The normalized spacial score (nSPS) is 9.48. The lowest BCUT2D eigenvalue weighted by atomic mass is 10.2. The molecule has 2 rings (SSSR count). The van der Waals surface area contributed by atoms with Crippen LogP contribution in [0.1, 0.15) is 43.6 Å². The van der Waals surface area contributed by atoms with E-state index in [9.17, 15) is 4.79 Å². The van der Waals surface area contributed by atoms with E-state index in [2.05, 4.69) is 17.6 Å². The minimum Gasteiger partial charge on any atom is -0.462 e. The monoisotopic (exact) mass is 360 g/mol. The highest BCUT2D eigenvalue weighted by Crippen LogP contribution is 2.14. The third kappa shape index (κ3) is 9.57. The van der Waals surface area contributed by atoms with Gasteiger partial charge in [0.05, 0.1) is 17.9 Å². The fraction of sp³-hybridized carbons (Fsp3) is 0.300. The second-order valence-electron chi connectivity index (χ2n) is 4.51. The van der Waals surface area contributed by atoms with Crippen molar-refractivity contribution in [2.75, 3.05) is 18.1 Å². The van der Waals surface area contributed by atoms with Crippen molar-refractivity contribution < 1.29 is 9.53 Å². The maximum Gasteiger partial charge on any atom is 0.338 e. The summed E-state index contributed by atoms with van der Waals surface area (Å²) in [6.45, 7) is 8.14. The summed E-state index contributed by atoms with van der Waals surface area (Å²) in [5, 5.41) is 0. The van der Waals surface area contributed by atoms with Crippen LogP contribution in [0.15, 0.2) is 53.5 Å². The molecule has 0 bridgehead atoms. The number of nitrogens with zero attached hydrogens (tertiary/aromatic N) is 1. The van der Waals surface area contributed by atoms with Crippen LogP contribution in [-0.4, -0.2) is 24.5 Å². The van der Waals surface area contributed by atoms with E-state index in [1.165, 1.54) is 0 Å². The highest BCUT2D eigenvalue weighted by atomic mass is 32.1. The Hall–Kier alpha value is -2.27. The highest BCUT2D eigenvalue weighted by Gasteiger charge is 2.04. The molecule has 0 aliphatic heterocycles. The molecule has 0 aliphatic rings. The number of nitrogens with two attached hydrogens (primary N) is 1. The smallest absolute Gasteiger partial charge is 0.338 e. The maximum absolute atomic E-state index is 11.5. The van der Waals surface area contributed by atoms with Gasteiger partial charge in [0.2, 0.25) is 0 Å². The van der Waals surface area contributed by atoms with Crippen LogP contribution < -0.4 is 5.73 Å². The zero-order chi connectivity index (χ0) is 19.1. The largest absolute Gasteiger partial charge is 0.462 e. The molecule has 2 aromatic carbocycles. The van der Waals surface area contributed by atoms with Crippen molar-refractivity contribution in [3.63, 3.8) is 0 Å². The minimum atomic E-state index is -0.318. The average Bonchev–Trinajstić information content (AvgIpc) is 2.64. The highest BCUT2D eigenvalue weighted by molar-refractivity contribution is 7.80. The van der Waals surface area contributed by atoms with Crippen LogP contribution in [0.2, 0.25) is 0 Å². The van der Waals surface area contributed by atoms with E-state index in [1.807, 2.05) is 45.0 Å². The van der Waals surface area contributed by atoms with Crippen LogP contribution in [-0.2, 0) is 4.74 Å². The third-order valence-electron chi connectivity index (χ3n) is 2.68. The second-order valence-corrected chi connectivity index (χ2v) is 5.14. The minimum absolute atomic E-state index is 0.318. The Labute approximate surface area is 156 Å². The van der Waals surface area contributed by atoms with Gasteiger partial charge >= 0.3 is 5.97 Å². The Morgan fingerprint density at radius 3 is 2.08 bits per heavy atom. The van der Waals surface area contributed by atoms with E-state index in [1.54, 1.807) is 37.4 Å². The summed E-state index contributed by atoms with van der Waals surface area (Å²) in [6.07, 6.45) is 1.75. The first kappa shape index (κ1) is 22.7. The van der Waals surface area contributed by atoms with Crippen LogP contribution in [0, 0.1) is 0 Å². The molecule has 0 atom stereocenters. The number of aliphatic imine (C=N–C) groups is 1. The van der Waals surface area contributed by atoms with Gasteiger partial charge in [0.15, 0.2) is 0 Å². The molecule has 136 valence electrons. The average molecular weight is 361 g/mol. The lowest BCUT2D eigenvalue weighted by Gasteiger charge is -2.01. The van der Waals surface area contributed by atoms with Gasteiger partial charge in [0.1, 0.15) is 0 Å². The van der Waals surface area contributed by atoms with Gasteiger partial charge in [-0.05, 0) is 54.6 Å². The van der Waals surface area contributed by atoms with Crippen molar-refractivity contribution in [2.24, 2.45) is 4.99 Å². The number of benzene rings is 2. The first-order valence-corrected chi connectivity index (χ1v) is 9.01. The predicted octanol–water partition coefficient (Wildman–Crippen LogP) is 5.16. The van der Waals surface area contributed by atoms with Gasteiger partial charge in [0, 0.05) is 11.9 Å². The summed E-state index contributed by atoms with van der Waals surface area (Å²) in [5.41, 5.74) is 8.60. The van der Waals surface area contributed by atoms with Crippen molar-refractivity contribution >= 4 is 36.2 Å². The molecular formula is C20H28N2O2S. The Bertz CT molecular complexity index is 623. The van der Waals surface area contributed by atoms with Crippen molar-refractivity contribution in [2.45, 2.75) is 27.7 Å². The van der Waals surface area contributed by atoms with E-state index in [0.29, 0.717) is 12.2 Å². The third-order valence-corrected chi connectivity index (χ3v) is 2.68. The molecule has 5 heteroatoms. The molecule has 0 heterocycles. The lowest BCUT2D eigenvalue weighted by molar-refractivity contribution is 0.0526. The Morgan fingerprint density at radius 1 is 1.08 bits per heavy atom. The summed E-state index contributed by atoms with van der Waals surface area (Å²) in [6, 6.07) is 14.4. The van der Waals surface area contributed by atoms with Gasteiger partial charge in [-0.3, -0.25) is 4.99 Å². The Morgan fingerprint density at radius 2 is 1.60 bits per heavy atom. The molecule has 0 saturated carbocycles. The predicted molar refractivity (Wildman–Crippen MR) is 111 cm³/mol. The zero-order valence-electron chi connectivity index (χ0n) is 15.4. The molecule has 0 aromatic heterocycles. The number of anilines is 1. The lowest BCUT2D eigenvalue weighted by Crippen LogP contribution is -2.03. The van der Waals surface area contributed by atoms with Crippen molar-refractivity contribution in [1.82, 2.24) is 0 Å². The van der Waals surface area contributed by atoms with Gasteiger partial charge in [-0.2, -0.15) is 12.6 Å². The molecule has 0 fully saturated rings. The fourth-order valence-electron chi connectivity index (χ4n) is 1.63. The quantitative estimate of drug-likeness (QED) is 0.343. The molecule has 0 saturated heterocycles. The number of nitrogen functional groups attached to an aromatic ring is 1. The molecule has 2 aromatic rings. The van der Waals surface area contributed by atoms with E-state index >= 15 is 0 Å². The number of carbonyl (C=O) groups excluding carboxylic acids is 1. The number of carbonyl (C=O) groups is 1. The van der Waals surface area contributed by atoms with Crippen LogP contribution in [0.4, 0.5) is 11.4 Å². The molecular weight excluding hydrogens is 332 g/mol. The standard InChI is InChI=1S/C16H16N2O2.C2H6S.C2H6/c1-2-20-16(19)13-5-9-15(10-6-13)18-11-12-3-7-14(17)8-4-12;1-2-3;1-2/h3-11H,2,17H2,1H3;3H,2H2,1H3;1-2H3. The number of ether oxygens (including phenoxy) is 1. The maximum atomic E-state index is 11.5. The molecule has 0 unspecified atom stereocenters. The van der Waals surface area contributed by atoms with Crippen molar-refractivity contribution in [3.8, 4) is 0 Å². The summed E-state index contributed by atoms with van der Waals surface area (Å²) in [4.78, 5) is 15.8. The van der Waals surface area contributed by atoms with Crippen LogP contribution >= 0.6 is 12.6 Å². The summed E-state index contributed by atoms with van der Waals surface area (Å²) in [5.74, 6) is 0.626. The molecule has 4 nitrogen and oxygen atoms in total. The molecule has 0 spiro atoms. The first-order chi connectivity index (χ1) is 12.1. The molecule has 0 radical (unpaired) electrons. The first-order valence-electron chi connectivity index (χ1n) is 8.38. The van der Waals surface area contributed by atoms with Gasteiger partial charge in [-0.1, -0.05) is 32.9 Å². The number of rotatable bonds is 4. The summed E-state index contributed by atoms with van der Waals surface area (Å²) in [7, 11) is 0. The van der Waals surface area contributed by atoms with Crippen LogP contribution in [0.5, 0.6) is 0 Å². The van der Waals surface area contributed by atoms with Gasteiger partial charge < -0.3 is 10.5 Å². The van der Waals surface area contributed by atoms with E-state index in [4.69, 9.17) is 10.5 Å². The number of thiol groups is 1. The molecule has 2 N–H and O–H groups in total. The number of hydrogen-bond donors (Lipinski definition) is 2. The van der Waals surface area contributed by atoms with Crippen LogP contribution in [0.3, 0.4) is 0 Å². The molecule has 0 aliphatic carbocycles. The number of hydrogen-bond acceptors (Lipinski definition) is 5. The summed E-state index contributed by atoms with van der Waals surface area (Å²) < 4.78 is 4.92. The van der Waals surface area contributed by atoms with E-state index in [-0.39, 0.29) is 5.97 Å². The zero-order valence-corrected chi connectivity index (χ0v) is 16.3.